The summed E-state index contributed by atoms with van der Waals surface area (Å²) in [7, 11) is 0. The van der Waals surface area contributed by atoms with Gasteiger partial charge in [-0.05, 0) is 55.2 Å². The number of hydrogen-bond acceptors (Lipinski definition) is 3. The van der Waals surface area contributed by atoms with Crippen molar-refractivity contribution in [3.8, 4) is 5.75 Å². The molecule has 2 rings (SSSR count). The molecule has 0 unspecified atom stereocenters. The maximum absolute atomic E-state index is 11.7. The molecule has 1 atom stereocenters. The quantitative estimate of drug-likeness (QED) is 0.838. The van der Waals surface area contributed by atoms with Crippen LogP contribution in [0.15, 0.2) is 18.2 Å². The highest BCUT2D eigenvalue weighted by molar-refractivity contribution is 5.78. The second kappa shape index (κ2) is 6.91. The van der Waals surface area contributed by atoms with Crippen molar-refractivity contribution < 1.29 is 14.6 Å². The minimum absolute atomic E-state index is 0.127. The van der Waals surface area contributed by atoms with Gasteiger partial charge in [-0.15, -0.1) is 0 Å². The Kier molecular flexibility index (Phi) is 5.35. The van der Waals surface area contributed by atoms with Crippen molar-refractivity contribution in [2.24, 2.45) is 5.41 Å². The van der Waals surface area contributed by atoms with Gasteiger partial charge >= 0.3 is 5.97 Å². The Hall–Kier alpha value is -1.55. The van der Waals surface area contributed by atoms with Crippen molar-refractivity contribution in [3.63, 3.8) is 0 Å². The van der Waals surface area contributed by atoms with Gasteiger partial charge in [0.25, 0.3) is 0 Å². The first kappa shape index (κ1) is 17.8. The summed E-state index contributed by atoms with van der Waals surface area (Å²) in [5, 5.41) is 12.9. The maximum atomic E-state index is 11.7. The third kappa shape index (κ3) is 4.96. The van der Waals surface area contributed by atoms with E-state index in [0.29, 0.717) is 13.0 Å². The Labute approximate surface area is 139 Å². The largest absolute Gasteiger partial charge is 0.493 e. The number of nitrogens with one attached hydrogen (secondary N) is 1. The third-order valence-corrected chi connectivity index (χ3v) is 4.50. The summed E-state index contributed by atoms with van der Waals surface area (Å²) in [6.07, 6.45) is 3.55. The van der Waals surface area contributed by atoms with Crippen LogP contribution in [0.25, 0.3) is 0 Å². The smallest absolute Gasteiger partial charge is 0.323 e. The summed E-state index contributed by atoms with van der Waals surface area (Å²) in [6.45, 7) is 9.54. The molecular formula is C19H29NO3. The number of carboxylic acids is 1. The van der Waals surface area contributed by atoms with E-state index in [1.54, 1.807) is 6.92 Å². The van der Waals surface area contributed by atoms with Crippen LogP contribution in [-0.2, 0) is 17.8 Å². The molecule has 4 heteroatoms. The van der Waals surface area contributed by atoms with Gasteiger partial charge in [-0.3, -0.25) is 10.1 Å². The highest BCUT2D eigenvalue weighted by Gasteiger charge is 2.33. The Balaban J connectivity index is 2.02. The number of carbonyl (C=O) groups is 1. The lowest BCUT2D eigenvalue weighted by molar-refractivity contribution is -0.144. The maximum Gasteiger partial charge on any atom is 0.323 e. The lowest BCUT2D eigenvalue weighted by Crippen LogP contribution is -2.49. The molecule has 1 aliphatic rings. The lowest BCUT2D eigenvalue weighted by Gasteiger charge is -2.30. The first-order chi connectivity index (χ1) is 10.7. The molecule has 0 aromatic heterocycles. The van der Waals surface area contributed by atoms with E-state index >= 15 is 0 Å². The van der Waals surface area contributed by atoms with E-state index in [4.69, 9.17) is 4.74 Å². The van der Waals surface area contributed by atoms with E-state index in [2.05, 4.69) is 32.2 Å². The van der Waals surface area contributed by atoms with Gasteiger partial charge in [0.2, 0.25) is 0 Å². The monoisotopic (exact) mass is 319 g/mol. The van der Waals surface area contributed by atoms with E-state index in [0.717, 1.165) is 37.2 Å². The third-order valence-electron chi connectivity index (χ3n) is 4.50. The second-order valence-electron chi connectivity index (χ2n) is 7.95. The van der Waals surface area contributed by atoms with Crippen molar-refractivity contribution in [2.45, 2.75) is 65.5 Å². The number of benzene rings is 1. The van der Waals surface area contributed by atoms with Crippen molar-refractivity contribution >= 4 is 5.97 Å². The summed E-state index contributed by atoms with van der Waals surface area (Å²) >= 11 is 0. The number of fused-ring (bicyclic) bond motifs is 1. The SMILES string of the molecule is CC(C)(C)CC[C@](C)(NCc1ccc2c(c1)CCCO2)C(=O)O. The fraction of sp³-hybridized carbons (Fsp3) is 0.632. The van der Waals surface area contributed by atoms with Gasteiger partial charge in [-0.1, -0.05) is 32.9 Å². The van der Waals surface area contributed by atoms with Crippen LogP contribution in [0.2, 0.25) is 0 Å². The van der Waals surface area contributed by atoms with Crippen LogP contribution >= 0.6 is 0 Å². The molecule has 1 heterocycles. The van der Waals surface area contributed by atoms with Crippen molar-refractivity contribution in [3.05, 3.63) is 29.3 Å². The zero-order valence-corrected chi connectivity index (χ0v) is 14.7. The molecule has 4 nitrogen and oxygen atoms in total. The summed E-state index contributed by atoms with van der Waals surface area (Å²) in [5.41, 5.74) is 1.56. The predicted octanol–water partition coefficient (Wildman–Crippen LogP) is 3.77. The molecule has 0 saturated carbocycles. The highest BCUT2D eigenvalue weighted by atomic mass is 16.5. The molecule has 0 saturated heterocycles. The molecule has 0 radical (unpaired) electrons. The Morgan fingerprint density at radius 3 is 2.65 bits per heavy atom. The second-order valence-corrected chi connectivity index (χ2v) is 7.95. The van der Waals surface area contributed by atoms with Crippen LogP contribution in [0.3, 0.4) is 0 Å². The summed E-state index contributed by atoms with van der Waals surface area (Å²) in [5.74, 6) is 0.178. The van der Waals surface area contributed by atoms with Crippen molar-refractivity contribution in [1.82, 2.24) is 5.32 Å². The van der Waals surface area contributed by atoms with Gasteiger partial charge in [0.1, 0.15) is 11.3 Å². The fourth-order valence-electron chi connectivity index (χ4n) is 2.72. The van der Waals surface area contributed by atoms with E-state index in [1.807, 2.05) is 12.1 Å². The van der Waals surface area contributed by atoms with Gasteiger partial charge in [0.15, 0.2) is 0 Å². The highest BCUT2D eigenvalue weighted by Crippen LogP contribution is 2.28. The van der Waals surface area contributed by atoms with Gasteiger partial charge in [0.05, 0.1) is 6.61 Å². The topological polar surface area (TPSA) is 58.6 Å². The predicted molar refractivity (Wildman–Crippen MR) is 91.8 cm³/mol. The van der Waals surface area contributed by atoms with Gasteiger partial charge in [-0.2, -0.15) is 0 Å². The Morgan fingerprint density at radius 2 is 2.00 bits per heavy atom. The molecule has 0 amide bonds. The number of hydrogen-bond donors (Lipinski definition) is 2. The number of aryl methyl sites for hydroxylation is 1. The average molecular weight is 319 g/mol. The molecule has 1 aromatic carbocycles. The average Bonchev–Trinajstić information content (AvgIpc) is 2.50. The van der Waals surface area contributed by atoms with Gasteiger partial charge in [0, 0.05) is 6.54 Å². The van der Waals surface area contributed by atoms with Crippen LogP contribution in [0.5, 0.6) is 5.75 Å². The molecule has 128 valence electrons. The first-order valence-electron chi connectivity index (χ1n) is 8.43. The minimum Gasteiger partial charge on any atom is -0.493 e. The molecule has 0 spiro atoms. The van der Waals surface area contributed by atoms with Crippen LogP contribution in [-0.4, -0.2) is 23.2 Å². The lowest BCUT2D eigenvalue weighted by atomic mass is 9.84. The van der Waals surface area contributed by atoms with Crippen molar-refractivity contribution in [2.75, 3.05) is 6.61 Å². The Bertz CT molecular complexity index is 562. The molecule has 0 fully saturated rings. The number of carboxylic acid groups (broad SMARTS) is 1. The zero-order valence-electron chi connectivity index (χ0n) is 14.7. The Morgan fingerprint density at radius 1 is 1.26 bits per heavy atom. The standard InChI is InChI=1S/C19H29NO3/c1-18(2,3)9-10-19(4,17(21)22)20-13-14-7-8-16-15(12-14)6-5-11-23-16/h7-8,12,20H,5-6,9-11,13H2,1-4H3,(H,21,22)/t19-/m0/s1. The molecule has 0 bridgehead atoms. The van der Waals surface area contributed by atoms with E-state index in [1.165, 1.54) is 5.56 Å². The summed E-state index contributed by atoms with van der Waals surface area (Å²) < 4.78 is 5.62. The molecule has 1 aliphatic heterocycles. The molecule has 2 N–H and O–H groups in total. The van der Waals surface area contributed by atoms with Crippen LogP contribution in [0.1, 0.15) is 58.1 Å². The first-order valence-corrected chi connectivity index (χ1v) is 8.43. The van der Waals surface area contributed by atoms with Gasteiger partial charge < -0.3 is 9.84 Å². The summed E-state index contributed by atoms with van der Waals surface area (Å²) in [6, 6.07) is 6.15. The van der Waals surface area contributed by atoms with Crippen molar-refractivity contribution in [1.29, 1.82) is 0 Å². The normalized spacial score (nSPS) is 17.0. The molecule has 1 aromatic rings. The van der Waals surface area contributed by atoms with Gasteiger partial charge in [-0.25, -0.2) is 0 Å². The fourth-order valence-corrected chi connectivity index (χ4v) is 2.72. The number of ether oxygens (including phenoxy) is 1. The molecule has 0 aliphatic carbocycles. The van der Waals surface area contributed by atoms with E-state index in [-0.39, 0.29) is 5.41 Å². The summed E-state index contributed by atoms with van der Waals surface area (Å²) in [4.78, 5) is 11.7. The molecular weight excluding hydrogens is 290 g/mol. The van der Waals surface area contributed by atoms with E-state index < -0.39 is 11.5 Å². The molecule has 23 heavy (non-hydrogen) atoms. The van der Waals surface area contributed by atoms with Crippen LogP contribution in [0.4, 0.5) is 0 Å². The number of aliphatic carboxylic acids is 1. The minimum atomic E-state index is -0.903. The van der Waals surface area contributed by atoms with E-state index in [9.17, 15) is 9.90 Å². The number of rotatable bonds is 6. The zero-order chi connectivity index (χ0) is 17.1. The van der Waals surface area contributed by atoms with Crippen LogP contribution in [0, 0.1) is 5.41 Å². The van der Waals surface area contributed by atoms with Crippen LogP contribution < -0.4 is 10.1 Å².